The van der Waals surface area contributed by atoms with Gasteiger partial charge in [0.1, 0.15) is 5.76 Å². The summed E-state index contributed by atoms with van der Waals surface area (Å²) in [5, 5.41) is 8.81. The number of benzene rings is 1. The predicted molar refractivity (Wildman–Crippen MR) is 65.7 cm³/mol. The Kier molecular flexibility index (Phi) is 3.06. The maximum atomic E-state index is 10.7. The summed E-state index contributed by atoms with van der Waals surface area (Å²) in [6.07, 6.45) is -0.305. The number of aromatic carboxylic acids is 1. The minimum absolute atomic E-state index is 0.0680. The zero-order valence-electron chi connectivity index (χ0n) is 10.0. The molecule has 1 aliphatic rings. The molecule has 0 saturated carbocycles. The van der Waals surface area contributed by atoms with Gasteiger partial charge in [0.05, 0.1) is 13.2 Å². The third kappa shape index (κ3) is 2.38. The SMILES string of the molecule is O=C(O)c1ccc(-c2ccc(C3OCCO3)cc2)o1. The van der Waals surface area contributed by atoms with Crippen molar-refractivity contribution in [3.05, 3.63) is 47.7 Å². The number of hydrogen-bond donors (Lipinski definition) is 1. The fourth-order valence-electron chi connectivity index (χ4n) is 1.96. The smallest absolute Gasteiger partial charge is 0.371 e. The summed E-state index contributed by atoms with van der Waals surface area (Å²) in [7, 11) is 0. The second-order valence-electron chi connectivity index (χ2n) is 4.16. The van der Waals surface area contributed by atoms with Crippen LogP contribution in [-0.2, 0) is 9.47 Å². The van der Waals surface area contributed by atoms with E-state index in [2.05, 4.69) is 0 Å². The van der Waals surface area contributed by atoms with Gasteiger partial charge in [-0.3, -0.25) is 0 Å². The van der Waals surface area contributed by atoms with Crippen molar-refractivity contribution in [2.24, 2.45) is 0 Å². The van der Waals surface area contributed by atoms with Crippen LogP contribution in [0.25, 0.3) is 11.3 Å². The van der Waals surface area contributed by atoms with Crippen LogP contribution in [0.4, 0.5) is 0 Å². The number of carboxylic acids is 1. The third-order valence-electron chi connectivity index (χ3n) is 2.91. The van der Waals surface area contributed by atoms with Crippen LogP contribution in [0, 0.1) is 0 Å². The molecule has 0 radical (unpaired) electrons. The van der Waals surface area contributed by atoms with Gasteiger partial charge in [-0.1, -0.05) is 24.3 Å². The van der Waals surface area contributed by atoms with Gasteiger partial charge in [0.2, 0.25) is 5.76 Å². The minimum atomic E-state index is -1.07. The highest BCUT2D eigenvalue weighted by Gasteiger charge is 2.18. The van der Waals surface area contributed by atoms with Crippen LogP contribution in [0.2, 0.25) is 0 Å². The van der Waals surface area contributed by atoms with Crippen molar-refractivity contribution in [2.75, 3.05) is 13.2 Å². The van der Waals surface area contributed by atoms with E-state index in [1.54, 1.807) is 6.07 Å². The molecule has 1 saturated heterocycles. The molecule has 0 spiro atoms. The molecule has 1 fully saturated rings. The Labute approximate surface area is 109 Å². The monoisotopic (exact) mass is 260 g/mol. The number of ether oxygens (including phenoxy) is 2. The Morgan fingerprint density at radius 2 is 1.74 bits per heavy atom. The molecule has 2 aromatic rings. The molecule has 0 atom stereocenters. The predicted octanol–water partition coefficient (Wildman–Crippen LogP) is 2.69. The molecule has 19 heavy (non-hydrogen) atoms. The van der Waals surface area contributed by atoms with Crippen molar-refractivity contribution in [3.8, 4) is 11.3 Å². The first-order chi connectivity index (χ1) is 9.24. The van der Waals surface area contributed by atoms with E-state index in [1.807, 2.05) is 24.3 Å². The van der Waals surface area contributed by atoms with Crippen LogP contribution < -0.4 is 0 Å². The normalized spacial score (nSPS) is 15.8. The Balaban J connectivity index is 1.82. The molecule has 0 aliphatic carbocycles. The van der Waals surface area contributed by atoms with E-state index in [1.165, 1.54) is 6.07 Å². The second-order valence-corrected chi connectivity index (χ2v) is 4.16. The molecular formula is C14H12O5. The lowest BCUT2D eigenvalue weighted by Crippen LogP contribution is -1.97. The summed E-state index contributed by atoms with van der Waals surface area (Å²) in [5.41, 5.74) is 1.75. The molecule has 2 heterocycles. The molecular weight excluding hydrogens is 248 g/mol. The van der Waals surface area contributed by atoms with Crippen LogP contribution in [0.15, 0.2) is 40.8 Å². The third-order valence-corrected chi connectivity index (χ3v) is 2.91. The molecule has 3 rings (SSSR count). The summed E-state index contributed by atoms with van der Waals surface area (Å²) in [4.78, 5) is 10.7. The topological polar surface area (TPSA) is 68.9 Å². The number of rotatable bonds is 3. The molecule has 0 bridgehead atoms. The quantitative estimate of drug-likeness (QED) is 0.918. The molecule has 5 heteroatoms. The molecule has 1 aromatic heterocycles. The van der Waals surface area contributed by atoms with Crippen molar-refractivity contribution in [1.82, 2.24) is 0 Å². The fraction of sp³-hybridized carbons (Fsp3) is 0.214. The van der Waals surface area contributed by atoms with Crippen molar-refractivity contribution in [3.63, 3.8) is 0 Å². The van der Waals surface area contributed by atoms with Gasteiger partial charge in [0.25, 0.3) is 0 Å². The lowest BCUT2D eigenvalue weighted by atomic mass is 10.1. The van der Waals surface area contributed by atoms with Crippen LogP contribution in [0.1, 0.15) is 22.4 Å². The van der Waals surface area contributed by atoms with Crippen molar-refractivity contribution < 1.29 is 23.8 Å². The maximum Gasteiger partial charge on any atom is 0.371 e. The molecule has 1 N–H and O–H groups in total. The van der Waals surface area contributed by atoms with Crippen LogP contribution in [-0.4, -0.2) is 24.3 Å². The first-order valence-electron chi connectivity index (χ1n) is 5.91. The van der Waals surface area contributed by atoms with E-state index in [0.717, 1.165) is 11.1 Å². The summed E-state index contributed by atoms with van der Waals surface area (Å²) < 4.78 is 16.0. The van der Waals surface area contributed by atoms with Gasteiger partial charge in [-0.25, -0.2) is 4.79 Å². The lowest BCUT2D eigenvalue weighted by molar-refractivity contribution is -0.0441. The zero-order chi connectivity index (χ0) is 13.2. The fourth-order valence-corrected chi connectivity index (χ4v) is 1.96. The van der Waals surface area contributed by atoms with Crippen molar-refractivity contribution in [1.29, 1.82) is 0 Å². The van der Waals surface area contributed by atoms with E-state index in [-0.39, 0.29) is 12.1 Å². The van der Waals surface area contributed by atoms with E-state index in [9.17, 15) is 4.79 Å². The standard InChI is InChI=1S/C14H12O5/c15-13(16)12-6-5-11(19-12)9-1-3-10(4-2-9)14-17-7-8-18-14/h1-6,14H,7-8H2,(H,15,16). The van der Waals surface area contributed by atoms with E-state index in [4.69, 9.17) is 19.0 Å². The lowest BCUT2D eigenvalue weighted by Gasteiger charge is -2.09. The summed E-state index contributed by atoms with van der Waals surface area (Å²) in [5.74, 6) is -0.616. The molecule has 1 aromatic carbocycles. The average molecular weight is 260 g/mol. The van der Waals surface area contributed by atoms with Gasteiger partial charge in [-0.15, -0.1) is 0 Å². The van der Waals surface area contributed by atoms with Gasteiger partial charge in [0, 0.05) is 11.1 Å². The summed E-state index contributed by atoms with van der Waals surface area (Å²) in [6, 6.07) is 10.5. The second kappa shape index (κ2) is 4.87. The molecule has 0 amide bonds. The van der Waals surface area contributed by atoms with Crippen LogP contribution in [0.3, 0.4) is 0 Å². The maximum absolute atomic E-state index is 10.7. The Bertz CT molecular complexity index is 578. The summed E-state index contributed by atoms with van der Waals surface area (Å²) >= 11 is 0. The first kappa shape index (κ1) is 12.0. The number of carbonyl (C=O) groups is 1. The Morgan fingerprint density at radius 1 is 1.05 bits per heavy atom. The molecule has 98 valence electrons. The Hall–Kier alpha value is -2.11. The van der Waals surface area contributed by atoms with Crippen molar-refractivity contribution in [2.45, 2.75) is 6.29 Å². The van der Waals surface area contributed by atoms with Gasteiger partial charge in [-0.2, -0.15) is 0 Å². The molecule has 1 aliphatic heterocycles. The number of furan rings is 1. The van der Waals surface area contributed by atoms with Gasteiger partial charge < -0.3 is 19.0 Å². The largest absolute Gasteiger partial charge is 0.475 e. The molecule has 0 unspecified atom stereocenters. The Morgan fingerprint density at radius 3 is 2.32 bits per heavy atom. The minimum Gasteiger partial charge on any atom is -0.475 e. The summed E-state index contributed by atoms with van der Waals surface area (Å²) in [6.45, 7) is 1.21. The van der Waals surface area contributed by atoms with Crippen LogP contribution >= 0.6 is 0 Å². The van der Waals surface area contributed by atoms with Crippen LogP contribution in [0.5, 0.6) is 0 Å². The highest BCUT2D eigenvalue weighted by atomic mass is 16.7. The zero-order valence-corrected chi connectivity index (χ0v) is 10.0. The first-order valence-corrected chi connectivity index (χ1v) is 5.91. The number of carboxylic acid groups (broad SMARTS) is 1. The van der Waals surface area contributed by atoms with Gasteiger partial charge in [-0.05, 0) is 12.1 Å². The van der Waals surface area contributed by atoms with E-state index < -0.39 is 5.97 Å². The highest BCUT2D eigenvalue weighted by Crippen LogP contribution is 2.27. The van der Waals surface area contributed by atoms with Crippen molar-refractivity contribution >= 4 is 5.97 Å². The number of hydrogen-bond acceptors (Lipinski definition) is 4. The van der Waals surface area contributed by atoms with Gasteiger partial charge in [0.15, 0.2) is 6.29 Å². The molecule has 5 nitrogen and oxygen atoms in total. The van der Waals surface area contributed by atoms with E-state index in [0.29, 0.717) is 19.0 Å². The van der Waals surface area contributed by atoms with E-state index >= 15 is 0 Å². The highest BCUT2D eigenvalue weighted by molar-refractivity contribution is 5.85. The average Bonchev–Trinajstić information content (AvgIpc) is 3.11. The van der Waals surface area contributed by atoms with Gasteiger partial charge >= 0.3 is 5.97 Å².